The first kappa shape index (κ1) is 21.7. The van der Waals surface area contributed by atoms with Crippen molar-refractivity contribution in [1.29, 1.82) is 0 Å². The van der Waals surface area contributed by atoms with Crippen molar-refractivity contribution < 1.29 is 36.3 Å². The van der Waals surface area contributed by atoms with Gasteiger partial charge in [0.15, 0.2) is 0 Å². The summed E-state index contributed by atoms with van der Waals surface area (Å²) >= 11 is 0.434. The SMILES string of the molecule is CC(C)(O)C(=O)Nc1sc(S(=O)(=O)c2cnc(C(F)(F)F)nc2)cc1C(N)=O. The van der Waals surface area contributed by atoms with Crippen LogP contribution in [0.1, 0.15) is 30.0 Å². The summed E-state index contributed by atoms with van der Waals surface area (Å²) in [6.45, 7) is 2.33. The fourth-order valence-electron chi connectivity index (χ4n) is 1.75. The van der Waals surface area contributed by atoms with Gasteiger partial charge in [0.25, 0.3) is 11.8 Å². The number of rotatable bonds is 5. The van der Waals surface area contributed by atoms with Crippen LogP contribution in [0.3, 0.4) is 0 Å². The summed E-state index contributed by atoms with van der Waals surface area (Å²) in [4.78, 5) is 28.8. The van der Waals surface area contributed by atoms with E-state index in [-0.39, 0.29) is 10.6 Å². The summed E-state index contributed by atoms with van der Waals surface area (Å²) < 4.78 is 62.3. The lowest BCUT2D eigenvalue weighted by Gasteiger charge is -2.16. The number of nitrogens with one attached hydrogen (secondary N) is 1. The third kappa shape index (κ3) is 4.45. The number of aliphatic hydroxyl groups is 1. The van der Waals surface area contributed by atoms with Gasteiger partial charge in [-0.05, 0) is 19.9 Å². The lowest BCUT2D eigenvalue weighted by molar-refractivity contribution is -0.145. The van der Waals surface area contributed by atoms with E-state index in [1.807, 2.05) is 0 Å². The third-order valence-electron chi connectivity index (χ3n) is 3.21. The number of hydrogen-bond acceptors (Lipinski definition) is 8. The van der Waals surface area contributed by atoms with Gasteiger partial charge < -0.3 is 16.2 Å². The number of carbonyl (C=O) groups excluding carboxylic acids is 2. The van der Waals surface area contributed by atoms with E-state index in [1.54, 1.807) is 0 Å². The molecule has 0 bridgehead atoms. The van der Waals surface area contributed by atoms with Crippen molar-refractivity contribution in [3.05, 3.63) is 29.8 Å². The highest BCUT2D eigenvalue weighted by atomic mass is 32.2. The van der Waals surface area contributed by atoms with Crippen molar-refractivity contribution in [2.24, 2.45) is 5.73 Å². The second-order valence-electron chi connectivity index (χ2n) is 5.93. The van der Waals surface area contributed by atoms with Crippen LogP contribution in [0.4, 0.5) is 18.2 Å². The van der Waals surface area contributed by atoms with Crippen molar-refractivity contribution in [3.63, 3.8) is 0 Å². The van der Waals surface area contributed by atoms with E-state index in [1.165, 1.54) is 0 Å². The van der Waals surface area contributed by atoms with Crippen molar-refractivity contribution >= 4 is 38.0 Å². The minimum absolute atomic E-state index is 0.244. The van der Waals surface area contributed by atoms with Crippen LogP contribution in [0.25, 0.3) is 0 Å². The van der Waals surface area contributed by atoms with Gasteiger partial charge >= 0.3 is 6.18 Å². The van der Waals surface area contributed by atoms with Crippen molar-refractivity contribution in [1.82, 2.24) is 9.97 Å². The minimum atomic E-state index is -4.85. The Morgan fingerprint density at radius 3 is 2.18 bits per heavy atom. The van der Waals surface area contributed by atoms with Crippen LogP contribution >= 0.6 is 11.3 Å². The van der Waals surface area contributed by atoms with Gasteiger partial charge in [-0.3, -0.25) is 9.59 Å². The zero-order valence-electron chi connectivity index (χ0n) is 14.2. The molecule has 0 aliphatic rings. The quantitative estimate of drug-likeness (QED) is 0.634. The highest BCUT2D eigenvalue weighted by Gasteiger charge is 2.35. The number of amides is 2. The molecular weight excluding hydrogens is 425 g/mol. The molecule has 28 heavy (non-hydrogen) atoms. The average Bonchev–Trinajstić information content (AvgIpc) is 2.98. The van der Waals surface area contributed by atoms with Crippen LogP contribution in [0.2, 0.25) is 0 Å². The van der Waals surface area contributed by atoms with Gasteiger partial charge in [-0.25, -0.2) is 18.4 Å². The summed E-state index contributed by atoms with van der Waals surface area (Å²) in [5, 5.41) is 11.6. The van der Waals surface area contributed by atoms with Gasteiger partial charge in [0.1, 0.15) is 19.7 Å². The molecule has 0 atom stereocenters. The van der Waals surface area contributed by atoms with E-state index >= 15 is 0 Å². The fourth-order valence-corrected chi connectivity index (χ4v) is 4.41. The molecule has 0 radical (unpaired) electrons. The molecule has 0 aliphatic carbocycles. The first-order valence-corrected chi connectivity index (χ1v) is 9.56. The van der Waals surface area contributed by atoms with Crippen LogP contribution < -0.4 is 11.1 Å². The second kappa shape index (κ2) is 7.10. The molecule has 2 amide bonds. The minimum Gasteiger partial charge on any atom is -0.381 e. The maximum Gasteiger partial charge on any atom is 0.451 e. The normalized spacial score (nSPS) is 12.6. The molecule has 0 aliphatic heterocycles. The van der Waals surface area contributed by atoms with Gasteiger partial charge in [-0.1, -0.05) is 0 Å². The molecule has 2 aromatic rings. The maximum absolute atomic E-state index is 12.6. The van der Waals surface area contributed by atoms with Gasteiger partial charge in [-0.2, -0.15) is 13.2 Å². The van der Waals surface area contributed by atoms with Gasteiger partial charge in [0, 0.05) is 12.4 Å². The predicted molar refractivity (Wildman–Crippen MR) is 90.3 cm³/mol. The standard InChI is InChI=1S/C14H13F3N4O5S2/c1-13(2,24)12(23)21-10-7(9(18)22)3-8(27-10)28(25,26)6-4-19-11(20-5-6)14(15,16)17/h3-5,24H,1-2H3,(H2,18,22)(H,21,23). The molecule has 0 aromatic carbocycles. The molecular formula is C14H13F3N4O5S2. The van der Waals surface area contributed by atoms with Crippen LogP contribution in [0, 0.1) is 0 Å². The molecule has 0 fully saturated rings. The van der Waals surface area contributed by atoms with Crippen LogP contribution in [0.5, 0.6) is 0 Å². The Morgan fingerprint density at radius 1 is 1.21 bits per heavy atom. The van der Waals surface area contributed by atoms with E-state index in [2.05, 4.69) is 15.3 Å². The van der Waals surface area contributed by atoms with E-state index in [9.17, 15) is 36.3 Å². The van der Waals surface area contributed by atoms with E-state index < -0.39 is 48.4 Å². The second-order valence-corrected chi connectivity index (χ2v) is 9.16. The predicted octanol–water partition coefficient (Wildman–Crippen LogP) is 1.20. The number of sulfone groups is 1. The molecule has 0 spiro atoms. The van der Waals surface area contributed by atoms with Gasteiger partial charge in [-0.15, -0.1) is 11.3 Å². The molecule has 2 heterocycles. The van der Waals surface area contributed by atoms with Gasteiger partial charge in [0.05, 0.1) is 5.56 Å². The largest absolute Gasteiger partial charge is 0.451 e. The lowest BCUT2D eigenvalue weighted by Crippen LogP contribution is -2.36. The summed E-state index contributed by atoms with van der Waals surface area (Å²) in [6, 6.07) is 0.861. The Morgan fingerprint density at radius 2 is 1.75 bits per heavy atom. The zero-order chi connectivity index (χ0) is 21.5. The first-order chi connectivity index (χ1) is 12.6. The average molecular weight is 438 g/mol. The lowest BCUT2D eigenvalue weighted by atomic mass is 10.1. The molecule has 2 aromatic heterocycles. The maximum atomic E-state index is 12.6. The Labute approximate surface area is 160 Å². The van der Waals surface area contributed by atoms with E-state index in [4.69, 9.17) is 5.73 Å². The molecule has 0 saturated carbocycles. The number of primary amides is 1. The Balaban J connectivity index is 2.47. The van der Waals surface area contributed by atoms with Crippen LogP contribution in [-0.4, -0.2) is 40.9 Å². The molecule has 9 nitrogen and oxygen atoms in total. The van der Waals surface area contributed by atoms with Crippen LogP contribution in [0.15, 0.2) is 27.6 Å². The number of thiophene rings is 1. The first-order valence-electron chi connectivity index (χ1n) is 7.26. The van der Waals surface area contributed by atoms with E-state index in [0.29, 0.717) is 23.7 Å². The summed E-state index contributed by atoms with van der Waals surface area (Å²) in [5.74, 6) is -3.51. The van der Waals surface area contributed by atoms with Crippen molar-refractivity contribution in [2.75, 3.05) is 5.32 Å². The molecule has 0 unspecified atom stereocenters. The number of aromatic nitrogens is 2. The molecule has 14 heteroatoms. The highest BCUT2D eigenvalue weighted by molar-refractivity contribution is 7.93. The summed E-state index contributed by atoms with van der Waals surface area (Å²) in [5.41, 5.74) is 2.98. The number of hydrogen-bond donors (Lipinski definition) is 3. The van der Waals surface area contributed by atoms with Gasteiger partial charge in [0.2, 0.25) is 15.7 Å². The monoisotopic (exact) mass is 438 g/mol. The molecule has 0 saturated heterocycles. The number of nitrogens with two attached hydrogens (primary N) is 1. The Hall–Kier alpha value is -2.58. The fraction of sp³-hybridized carbons (Fsp3) is 0.286. The number of alkyl halides is 3. The Bertz CT molecular complexity index is 1020. The third-order valence-corrected chi connectivity index (χ3v) is 6.45. The number of nitrogens with zero attached hydrogens (tertiary/aromatic N) is 2. The van der Waals surface area contributed by atoms with Crippen molar-refractivity contribution in [3.8, 4) is 0 Å². The molecule has 2 rings (SSSR count). The zero-order valence-corrected chi connectivity index (χ0v) is 15.9. The molecule has 4 N–H and O–H groups in total. The summed E-state index contributed by atoms with van der Waals surface area (Å²) in [6.07, 6.45) is -3.90. The van der Waals surface area contributed by atoms with Crippen LogP contribution in [-0.2, 0) is 20.8 Å². The number of carbonyl (C=O) groups is 2. The van der Waals surface area contributed by atoms with E-state index in [0.717, 1.165) is 19.9 Å². The highest BCUT2D eigenvalue weighted by Crippen LogP contribution is 2.35. The smallest absolute Gasteiger partial charge is 0.381 e. The van der Waals surface area contributed by atoms with Crippen molar-refractivity contribution in [2.45, 2.75) is 34.7 Å². The number of halogens is 3. The topological polar surface area (TPSA) is 152 Å². The number of anilines is 1. The Kier molecular flexibility index (Phi) is 5.51. The molecule has 152 valence electrons. The summed E-state index contributed by atoms with van der Waals surface area (Å²) in [7, 11) is -4.40.